The van der Waals surface area contributed by atoms with Crippen LogP contribution in [0.2, 0.25) is 0 Å². The zero-order valence-corrected chi connectivity index (χ0v) is 15.5. The van der Waals surface area contributed by atoms with Gasteiger partial charge in [0.05, 0.1) is 25.5 Å². The van der Waals surface area contributed by atoms with Gasteiger partial charge in [-0.15, -0.1) is 0 Å². The van der Waals surface area contributed by atoms with Crippen LogP contribution in [0.25, 0.3) is 0 Å². The summed E-state index contributed by atoms with van der Waals surface area (Å²) in [6.07, 6.45) is 1.05. The summed E-state index contributed by atoms with van der Waals surface area (Å²) in [5.41, 5.74) is 2.20. The molecule has 146 valence electrons. The lowest BCUT2D eigenvalue weighted by molar-refractivity contribution is -0.118. The molecule has 0 aliphatic carbocycles. The predicted molar refractivity (Wildman–Crippen MR) is 102 cm³/mol. The first-order valence-electron chi connectivity index (χ1n) is 8.62. The van der Waals surface area contributed by atoms with Crippen molar-refractivity contribution in [3.8, 4) is 11.5 Å². The molecule has 1 heterocycles. The minimum atomic E-state index is -0.591. The predicted octanol–water partition coefficient (Wildman–Crippen LogP) is 2.38. The van der Waals surface area contributed by atoms with Gasteiger partial charge >= 0.3 is 5.97 Å². The third kappa shape index (κ3) is 4.40. The lowest BCUT2D eigenvalue weighted by atomic mass is 10.0. The highest BCUT2D eigenvalue weighted by atomic mass is 16.5. The van der Waals surface area contributed by atoms with E-state index in [0.29, 0.717) is 30.0 Å². The highest BCUT2D eigenvalue weighted by molar-refractivity contribution is 6.02. The van der Waals surface area contributed by atoms with Crippen molar-refractivity contribution in [3.05, 3.63) is 47.5 Å². The van der Waals surface area contributed by atoms with E-state index in [0.717, 1.165) is 11.3 Å². The molecule has 0 unspecified atom stereocenters. The summed E-state index contributed by atoms with van der Waals surface area (Å²) in [5, 5.41) is 5.43. The van der Waals surface area contributed by atoms with E-state index < -0.39 is 11.9 Å². The van der Waals surface area contributed by atoms with E-state index in [1.54, 1.807) is 30.3 Å². The van der Waals surface area contributed by atoms with Crippen LogP contribution in [-0.2, 0) is 20.7 Å². The highest BCUT2D eigenvalue weighted by Crippen LogP contribution is 2.27. The van der Waals surface area contributed by atoms with Gasteiger partial charge < -0.3 is 24.8 Å². The standard InChI is InChI=1S/C20H20N2O6/c1-26-13-4-7-17(15(10-13)20(25)27-2)22-19(24)11-28-14-5-6-16-12(9-14)3-8-18(23)21-16/h4-7,9-10H,3,8,11H2,1-2H3,(H,21,23)(H,22,24). The zero-order chi connectivity index (χ0) is 20.1. The van der Waals surface area contributed by atoms with Crippen LogP contribution >= 0.6 is 0 Å². The van der Waals surface area contributed by atoms with Gasteiger partial charge in [0.1, 0.15) is 11.5 Å². The summed E-state index contributed by atoms with van der Waals surface area (Å²) in [6, 6.07) is 9.91. The highest BCUT2D eigenvalue weighted by Gasteiger charge is 2.17. The van der Waals surface area contributed by atoms with E-state index in [4.69, 9.17) is 14.2 Å². The lowest BCUT2D eigenvalue weighted by Gasteiger charge is -2.17. The number of carbonyl (C=O) groups excluding carboxylic acids is 3. The Labute approximate surface area is 161 Å². The van der Waals surface area contributed by atoms with Crippen molar-refractivity contribution in [2.45, 2.75) is 12.8 Å². The first-order chi connectivity index (χ1) is 13.5. The van der Waals surface area contributed by atoms with Gasteiger partial charge in [0.15, 0.2) is 6.61 Å². The summed E-state index contributed by atoms with van der Waals surface area (Å²) >= 11 is 0. The second kappa shape index (κ2) is 8.43. The van der Waals surface area contributed by atoms with Crippen LogP contribution in [0.15, 0.2) is 36.4 Å². The van der Waals surface area contributed by atoms with Crippen molar-refractivity contribution in [1.82, 2.24) is 0 Å². The fourth-order valence-corrected chi connectivity index (χ4v) is 2.82. The van der Waals surface area contributed by atoms with Gasteiger partial charge in [-0.1, -0.05) is 0 Å². The maximum absolute atomic E-state index is 12.3. The molecule has 2 N–H and O–H groups in total. The molecule has 0 spiro atoms. The molecule has 3 rings (SSSR count). The van der Waals surface area contributed by atoms with Crippen molar-refractivity contribution in [2.75, 3.05) is 31.5 Å². The largest absolute Gasteiger partial charge is 0.497 e. The fraction of sp³-hybridized carbons (Fsp3) is 0.250. The van der Waals surface area contributed by atoms with E-state index in [2.05, 4.69) is 10.6 Å². The Morgan fingerprint density at radius 2 is 1.86 bits per heavy atom. The molecular weight excluding hydrogens is 364 g/mol. The van der Waals surface area contributed by atoms with E-state index in [1.165, 1.54) is 20.3 Å². The molecule has 0 atom stereocenters. The number of amides is 2. The van der Waals surface area contributed by atoms with Crippen LogP contribution in [-0.4, -0.2) is 38.6 Å². The van der Waals surface area contributed by atoms with Crippen molar-refractivity contribution >= 4 is 29.2 Å². The smallest absolute Gasteiger partial charge is 0.340 e. The maximum Gasteiger partial charge on any atom is 0.340 e. The lowest BCUT2D eigenvalue weighted by Crippen LogP contribution is -2.22. The molecule has 0 bridgehead atoms. The Hall–Kier alpha value is -3.55. The molecule has 1 aliphatic heterocycles. The Morgan fingerprint density at radius 1 is 1.07 bits per heavy atom. The first-order valence-corrected chi connectivity index (χ1v) is 8.62. The summed E-state index contributed by atoms with van der Waals surface area (Å²) in [5.74, 6) is -0.0431. The van der Waals surface area contributed by atoms with Crippen molar-refractivity contribution in [3.63, 3.8) is 0 Å². The average molecular weight is 384 g/mol. The SMILES string of the molecule is COC(=O)c1cc(OC)ccc1NC(=O)COc1ccc2c(c1)CCC(=O)N2. The van der Waals surface area contributed by atoms with Crippen molar-refractivity contribution < 1.29 is 28.6 Å². The number of aryl methyl sites for hydroxylation is 1. The monoisotopic (exact) mass is 384 g/mol. The number of ether oxygens (including phenoxy) is 3. The maximum atomic E-state index is 12.3. The van der Waals surface area contributed by atoms with Crippen LogP contribution < -0.4 is 20.1 Å². The molecule has 28 heavy (non-hydrogen) atoms. The molecule has 0 saturated heterocycles. The molecule has 2 amide bonds. The number of fused-ring (bicyclic) bond motifs is 1. The summed E-state index contributed by atoms with van der Waals surface area (Å²) < 4.78 is 15.4. The molecule has 0 aromatic heterocycles. The van der Waals surface area contributed by atoms with Crippen LogP contribution in [0, 0.1) is 0 Å². The van der Waals surface area contributed by atoms with Gasteiger partial charge in [-0.25, -0.2) is 4.79 Å². The number of benzene rings is 2. The molecule has 2 aromatic carbocycles. The number of esters is 1. The van der Waals surface area contributed by atoms with Gasteiger partial charge in [0.25, 0.3) is 5.91 Å². The van der Waals surface area contributed by atoms with Gasteiger partial charge in [-0.3, -0.25) is 9.59 Å². The number of nitrogens with one attached hydrogen (secondary N) is 2. The van der Waals surface area contributed by atoms with Crippen molar-refractivity contribution in [2.24, 2.45) is 0 Å². The number of methoxy groups -OCH3 is 2. The van der Waals surface area contributed by atoms with Crippen LogP contribution in [0.4, 0.5) is 11.4 Å². The minimum absolute atomic E-state index is 0.0125. The minimum Gasteiger partial charge on any atom is -0.497 e. The van der Waals surface area contributed by atoms with Gasteiger partial charge in [-0.05, 0) is 48.4 Å². The molecule has 1 aliphatic rings. The quantitative estimate of drug-likeness (QED) is 0.742. The van der Waals surface area contributed by atoms with Gasteiger partial charge in [0, 0.05) is 12.1 Å². The Bertz CT molecular complexity index is 925. The molecule has 0 radical (unpaired) electrons. The van der Waals surface area contributed by atoms with Crippen LogP contribution in [0.5, 0.6) is 11.5 Å². The van der Waals surface area contributed by atoms with Crippen molar-refractivity contribution in [1.29, 1.82) is 0 Å². The average Bonchev–Trinajstić information content (AvgIpc) is 2.71. The normalized spacial score (nSPS) is 12.4. The van der Waals surface area contributed by atoms with Crippen LogP contribution in [0.3, 0.4) is 0 Å². The molecule has 8 nitrogen and oxygen atoms in total. The summed E-state index contributed by atoms with van der Waals surface area (Å²) in [4.78, 5) is 35.6. The molecular formula is C20H20N2O6. The van der Waals surface area contributed by atoms with Crippen LogP contribution in [0.1, 0.15) is 22.3 Å². The number of hydrogen-bond acceptors (Lipinski definition) is 6. The second-order valence-corrected chi connectivity index (χ2v) is 6.11. The molecule has 8 heteroatoms. The Balaban J connectivity index is 1.65. The summed E-state index contributed by atoms with van der Waals surface area (Å²) in [7, 11) is 2.74. The Morgan fingerprint density at radius 3 is 2.61 bits per heavy atom. The fourth-order valence-electron chi connectivity index (χ4n) is 2.82. The van der Waals surface area contributed by atoms with E-state index in [-0.39, 0.29) is 18.1 Å². The Kier molecular flexibility index (Phi) is 5.78. The summed E-state index contributed by atoms with van der Waals surface area (Å²) in [6.45, 7) is -0.238. The van der Waals surface area contributed by atoms with E-state index in [1.807, 2.05) is 0 Å². The zero-order valence-electron chi connectivity index (χ0n) is 15.5. The van der Waals surface area contributed by atoms with Gasteiger partial charge in [-0.2, -0.15) is 0 Å². The van der Waals surface area contributed by atoms with Gasteiger partial charge in [0.2, 0.25) is 5.91 Å². The number of anilines is 2. The third-order valence-corrected chi connectivity index (χ3v) is 4.25. The topological polar surface area (TPSA) is 103 Å². The number of carbonyl (C=O) groups is 3. The van der Waals surface area contributed by atoms with E-state index >= 15 is 0 Å². The second-order valence-electron chi connectivity index (χ2n) is 6.11. The molecule has 0 fully saturated rings. The molecule has 2 aromatic rings. The molecule has 0 saturated carbocycles. The van der Waals surface area contributed by atoms with E-state index in [9.17, 15) is 14.4 Å². The number of rotatable bonds is 6. The third-order valence-electron chi connectivity index (χ3n) is 4.25. The first kappa shape index (κ1) is 19.2. The number of hydrogen-bond donors (Lipinski definition) is 2.